The van der Waals surface area contributed by atoms with E-state index in [-0.39, 0.29) is 31.5 Å². The van der Waals surface area contributed by atoms with Crippen LogP contribution in [0.15, 0.2) is 23.8 Å². The molecule has 0 saturated heterocycles. The standard InChI is InChI=1S/C26H34N2O7/c1-3-21(31)28(16-7-5-4-6-8-16)19-13-18(26(33)27-9-10-29)22-17-11-15(14-30)12-20(34-2)24(17)35-25(22)23(19)32/h11-14,16,19,22-23,25,29,32H,3-10H2,1-2H3,(H,27,33). The Morgan fingerprint density at radius 2 is 2.00 bits per heavy atom. The number of aldehydes is 1. The van der Waals surface area contributed by atoms with Crippen molar-refractivity contribution in [3.63, 3.8) is 0 Å². The van der Waals surface area contributed by atoms with Gasteiger partial charge >= 0.3 is 0 Å². The number of hydrogen-bond acceptors (Lipinski definition) is 7. The van der Waals surface area contributed by atoms with E-state index in [1.165, 1.54) is 7.11 Å². The number of nitrogens with one attached hydrogen (secondary N) is 1. The number of aliphatic hydroxyl groups is 2. The molecular formula is C26H34N2O7. The fourth-order valence-corrected chi connectivity index (χ4v) is 5.68. The fourth-order valence-electron chi connectivity index (χ4n) is 5.68. The summed E-state index contributed by atoms with van der Waals surface area (Å²) in [6, 6.07) is 2.43. The van der Waals surface area contributed by atoms with Gasteiger partial charge in [-0.1, -0.05) is 26.2 Å². The van der Waals surface area contributed by atoms with Crippen LogP contribution >= 0.6 is 0 Å². The van der Waals surface area contributed by atoms with Crippen LogP contribution in [0.5, 0.6) is 11.5 Å². The highest BCUT2D eigenvalue weighted by molar-refractivity contribution is 5.96. The van der Waals surface area contributed by atoms with E-state index in [1.807, 2.05) is 0 Å². The van der Waals surface area contributed by atoms with Gasteiger partial charge in [0.15, 0.2) is 11.5 Å². The Kier molecular flexibility index (Phi) is 7.76. The second kappa shape index (κ2) is 10.8. The predicted molar refractivity (Wildman–Crippen MR) is 128 cm³/mol. The first-order valence-electron chi connectivity index (χ1n) is 12.4. The van der Waals surface area contributed by atoms with Gasteiger partial charge in [-0.3, -0.25) is 14.4 Å². The lowest BCUT2D eigenvalue weighted by molar-refractivity contribution is -0.141. The molecule has 3 N–H and O–H groups in total. The molecule has 1 aromatic rings. The van der Waals surface area contributed by atoms with Crippen LogP contribution in [0.2, 0.25) is 0 Å². The van der Waals surface area contributed by atoms with Gasteiger partial charge in [-0.25, -0.2) is 0 Å². The summed E-state index contributed by atoms with van der Waals surface area (Å²) in [6.07, 6.45) is 5.54. The Morgan fingerprint density at radius 3 is 2.63 bits per heavy atom. The number of amides is 2. The van der Waals surface area contributed by atoms with E-state index in [0.717, 1.165) is 32.1 Å². The van der Waals surface area contributed by atoms with E-state index in [4.69, 9.17) is 9.47 Å². The van der Waals surface area contributed by atoms with Crippen molar-refractivity contribution < 1.29 is 34.1 Å². The van der Waals surface area contributed by atoms with Crippen molar-refractivity contribution >= 4 is 18.1 Å². The number of methoxy groups -OCH3 is 1. The normalized spacial score (nSPS) is 25.5. The monoisotopic (exact) mass is 486 g/mol. The average Bonchev–Trinajstić information content (AvgIpc) is 3.28. The third-order valence-corrected chi connectivity index (χ3v) is 7.29. The topological polar surface area (TPSA) is 125 Å². The number of nitrogens with zero attached hydrogens (tertiary/aromatic N) is 1. The molecule has 190 valence electrons. The predicted octanol–water partition coefficient (Wildman–Crippen LogP) is 1.70. The van der Waals surface area contributed by atoms with Crippen molar-refractivity contribution in [3.8, 4) is 11.5 Å². The number of fused-ring (bicyclic) bond motifs is 3. The zero-order valence-electron chi connectivity index (χ0n) is 20.2. The van der Waals surface area contributed by atoms with Gasteiger partial charge < -0.3 is 29.9 Å². The van der Waals surface area contributed by atoms with Crippen LogP contribution < -0.4 is 14.8 Å². The van der Waals surface area contributed by atoms with Crippen molar-refractivity contribution in [2.24, 2.45) is 0 Å². The number of ether oxygens (including phenoxy) is 2. The molecule has 2 amide bonds. The van der Waals surface area contributed by atoms with Gasteiger partial charge in [0.05, 0.1) is 25.7 Å². The first kappa shape index (κ1) is 25.2. The van der Waals surface area contributed by atoms with E-state index < -0.39 is 30.1 Å². The van der Waals surface area contributed by atoms with Crippen molar-refractivity contribution in [1.29, 1.82) is 0 Å². The summed E-state index contributed by atoms with van der Waals surface area (Å²) in [5.74, 6) is -0.437. The summed E-state index contributed by atoms with van der Waals surface area (Å²) in [4.78, 5) is 39.7. The molecule has 4 unspecified atom stereocenters. The smallest absolute Gasteiger partial charge is 0.247 e. The summed E-state index contributed by atoms with van der Waals surface area (Å²) in [5, 5.41) is 23.5. The number of aliphatic hydroxyl groups excluding tert-OH is 2. The van der Waals surface area contributed by atoms with Gasteiger partial charge in [-0.2, -0.15) is 0 Å². The molecule has 3 aliphatic rings. The second-order valence-corrected chi connectivity index (χ2v) is 9.35. The molecule has 4 atom stereocenters. The molecule has 0 radical (unpaired) electrons. The number of rotatable bonds is 8. The molecule has 2 aliphatic carbocycles. The van der Waals surface area contributed by atoms with E-state index in [0.29, 0.717) is 34.5 Å². The van der Waals surface area contributed by atoms with Gasteiger partial charge in [0.1, 0.15) is 18.5 Å². The molecule has 0 spiro atoms. The lowest BCUT2D eigenvalue weighted by Gasteiger charge is -2.45. The van der Waals surface area contributed by atoms with Crippen LogP contribution in [0, 0.1) is 0 Å². The number of hydrogen-bond donors (Lipinski definition) is 3. The molecule has 9 heteroatoms. The van der Waals surface area contributed by atoms with Crippen molar-refractivity contribution in [1.82, 2.24) is 10.2 Å². The van der Waals surface area contributed by atoms with Crippen LogP contribution in [-0.2, 0) is 9.59 Å². The zero-order valence-corrected chi connectivity index (χ0v) is 20.2. The lowest BCUT2D eigenvalue weighted by Crippen LogP contribution is -2.58. The molecule has 1 aliphatic heterocycles. The first-order valence-corrected chi connectivity index (χ1v) is 12.4. The van der Waals surface area contributed by atoms with E-state index in [1.54, 1.807) is 30.0 Å². The van der Waals surface area contributed by atoms with Gasteiger partial charge in [0.25, 0.3) is 0 Å². The third-order valence-electron chi connectivity index (χ3n) is 7.29. The van der Waals surface area contributed by atoms with E-state index >= 15 is 0 Å². The van der Waals surface area contributed by atoms with Gasteiger partial charge in [0, 0.05) is 35.7 Å². The Bertz CT molecular complexity index is 1000. The Labute approximate surface area is 205 Å². The number of benzene rings is 1. The summed E-state index contributed by atoms with van der Waals surface area (Å²) in [7, 11) is 1.46. The van der Waals surface area contributed by atoms with Crippen LogP contribution in [0.3, 0.4) is 0 Å². The summed E-state index contributed by atoms with van der Waals surface area (Å²) < 4.78 is 11.7. The lowest BCUT2D eigenvalue weighted by atomic mass is 9.76. The fraction of sp³-hybridized carbons (Fsp3) is 0.577. The summed E-state index contributed by atoms with van der Waals surface area (Å²) >= 11 is 0. The van der Waals surface area contributed by atoms with Gasteiger partial charge in [-0.05, 0) is 31.1 Å². The SMILES string of the molecule is CCC(=O)N(C1CCCCC1)C1C=C(C(=O)NCCO)C2c3cc(C=O)cc(OC)c3OC2C1O. The summed E-state index contributed by atoms with van der Waals surface area (Å²) in [6.45, 7) is 1.63. The minimum Gasteiger partial charge on any atom is -0.493 e. The maximum absolute atomic E-state index is 13.3. The Balaban J connectivity index is 1.82. The molecule has 1 heterocycles. The van der Waals surface area contributed by atoms with E-state index in [2.05, 4.69) is 5.32 Å². The minimum atomic E-state index is -1.09. The highest BCUT2D eigenvalue weighted by atomic mass is 16.5. The largest absolute Gasteiger partial charge is 0.493 e. The maximum Gasteiger partial charge on any atom is 0.247 e. The van der Waals surface area contributed by atoms with Gasteiger partial charge in [0.2, 0.25) is 11.8 Å². The summed E-state index contributed by atoms with van der Waals surface area (Å²) in [5.41, 5.74) is 1.28. The molecule has 4 rings (SSSR count). The van der Waals surface area contributed by atoms with E-state index in [9.17, 15) is 24.6 Å². The highest BCUT2D eigenvalue weighted by Gasteiger charge is 2.52. The van der Waals surface area contributed by atoms with Crippen molar-refractivity contribution in [3.05, 3.63) is 34.9 Å². The molecular weight excluding hydrogens is 452 g/mol. The second-order valence-electron chi connectivity index (χ2n) is 9.35. The minimum absolute atomic E-state index is 0.0228. The van der Waals surface area contributed by atoms with Crippen LogP contribution in [0.4, 0.5) is 0 Å². The van der Waals surface area contributed by atoms with Crippen molar-refractivity contribution in [2.75, 3.05) is 20.3 Å². The third kappa shape index (κ3) is 4.67. The average molecular weight is 487 g/mol. The van der Waals surface area contributed by atoms with Crippen LogP contribution in [0.25, 0.3) is 0 Å². The maximum atomic E-state index is 13.3. The first-order chi connectivity index (χ1) is 16.9. The number of carbonyl (C=O) groups excluding carboxylic acids is 3. The van der Waals surface area contributed by atoms with Crippen molar-refractivity contribution in [2.45, 2.75) is 75.7 Å². The Hall–Kier alpha value is -2.91. The molecule has 0 bridgehead atoms. The highest BCUT2D eigenvalue weighted by Crippen LogP contribution is 2.51. The molecule has 0 aromatic heterocycles. The molecule has 9 nitrogen and oxygen atoms in total. The quantitative estimate of drug-likeness (QED) is 0.478. The number of carbonyl (C=O) groups is 3. The van der Waals surface area contributed by atoms with Gasteiger partial charge in [-0.15, -0.1) is 0 Å². The molecule has 1 fully saturated rings. The molecule has 35 heavy (non-hydrogen) atoms. The Morgan fingerprint density at radius 1 is 1.26 bits per heavy atom. The molecule has 1 saturated carbocycles. The van der Waals surface area contributed by atoms with Crippen LogP contribution in [0.1, 0.15) is 67.3 Å². The zero-order chi connectivity index (χ0) is 25.1. The van der Waals surface area contributed by atoms with Crippen LogP contribution in [-0.4, -0.2) is 77.8 Å². The molecule has 1 aromatic carbocycles.